The van der Waals surface area contributed by atoms with Gasteiger partial charge in [0.1, 0.15) is 0 Å². The number of esters is 1. The van der Waals surface area contributed by atoms with Crippen LogP contribution in [0, 0.1) is 21.1 Å². The molecule has 0 saturated heterocycles. The van der Waals surface area contributed by atoms with Gasteiger partial charge in [-0.3, -0.25) is 14.9 Å². The first-order valence-electron chi connectivity index (χ1n) is 6.93. The van der Waals surface area contributed by atoms with E-state index in [9.17, 15) is 29.3 Å². The second-order valence-corrected chi connectivity index (χ2v) is 4.87. The van der Waals surface area contributed by atoms with Gasteiger partial charge < -0.3 is 15.3 Å². The third-order valence-electron chi connectivity index (χ3n) is 3.10. The number of nitro groups is 1. The molecule has 0 unspecified atom stereocenters. The molecule has 0 radical (unpaired) electrons. The van der Waals surface area contributed by atoms with Crippen LogP contribution in [0.4, 0.5) is 15.8 Å². The van der Waals surface area contributed by atoms with Gasteiger partial charge >= 0.3 is 17.4 Å². The maximum absolute atomic E-state index is 13.3. The molecule has 1 aromatic heterocycles. The van der Waals surface area contributed by atoms with Gasteiger partial charge in [0.2, 0.25) is 5.82 Å². The first-order chi connectivity index (χ1) is 11.8. The van der Waals surface area contributed by atoms with Crippen LogP contribution in [0.15, 0.2) is 42.6 Å². The topological polar surface area (TPSA) is 125 Å². The lowest BCUT2D eigenvalue weighted by molar-refractivity contribution is -0.608. The molecule has 25 heavy (non-hydrogen) atoms. The fraction of sp³-hybridized carbons (Fsp3) is 0.133. The Morgan fingerprint density at radius 2 is 2.04 bits per heavy atom. The second-order valence-electron chi connectivity index (χ2n) is 4.87. The number of nitrogens with zero attached hydrogens (tertiary/aromatic N) is 2. The van der Waals surface area contributed by atoms with Crippen molar-refractivity contribution in [2.45, 2.75) is 13.0 Å². The van der Waals surface area contributed by atoms with E-state index in [4.69, 9.17) is 4.74 Å². The minimum atomic E-state index is -1.29. The summed E-state index contributed by atoms with van der Waals surface area (Å²) in [5, 5.41) is 24.4. The van der Waals surface area contributed by atoms with E-state index < -0.39 is 34.4 Å². The van der Waals surface area contributed by atoms with Crippen molar-refractivity contribution in [1.82, 2.24) is 0 Å². The number of benzene rings is 1. The lowest BCUT2D eigenvalue weighted by atomic mass is 10.2. The Morgan fingerprint density at radius 1 is 1.32 bits per heavy atom. The van der Waals surface area contributed by atoms with Gasteiger partial charge in [0, 0.05) is 23.9 Å². The number of halogens is 1. The molecule has 1 amide bonds. The smallest absolute Gasteiger partial charge is 0.405 e. The van der Waals surface area contributed by atoms with Crippen molar-refractivity contribution in [3.63, 3.8) is 0 Å². The molecule has 0 aliphatic heterocycles. The van der Waals surface area contributed by atoms with E-state index in [0.29, 0.717) is 0 Å². The van der Waals surface area contributed by atoms with Crippen molar-refractivity contribution >= 4 is 23.3 Å². The number of nitrogens with one attached hydrogen (secondary N) is 1. The van der Waals surface area contributed by atoms with Gasteiger partial charge in [-0.05, 0) is 25.1 Å². The van der Waals surface area contributed by atoms with Gasteiger partial charge in [-0.1, -0.05) is 0 Å². The summed E-state index contributed by atoms with van der Waals surface area (Å²) in [6.07, 6.45) is -0.198. The minimum absolute atomic E-state index is 0.0420. The predicted molar refractivity (Wildman–Crippen MR) is 82.0 cm³/mol. The van der Waals surface area contributed by atoms with Gasteiger partial charge in [-0.2, -0.15) is 9.12 Å². The summed E-state index contributed by atoms with van der Waals surface area (Å²) >= 11 is 0. The zero-order valence-electron chi connectivity index (χ0n) is 12.8. The zero-order chi connectivity index (χ0) is 18.6. The molecule has 1 atom stereocenters. The van der Waals surface area contributed by atoms with Crippen LogP contribution in [0.5, 0.6) is 0 Å². The number of pyridine rings is 1. The van der Waals surface area contributed by atoms with Crippen LogP contribution >= 0.6 is 0 Å². The molecule has 1 heterocycles. The van der Waals surface area contributed by atoms with E-state index >= 15 is 0 Å². The summed E-state index contributed by atoms with van der Waals surface area (Å²) in [4.78, 5) is 33.6. The third kappa shape index (κ3) is 4.25. The highest BCUT2D eigenvalue weighted by Gasteiger charge is 2.24. The minimum Gasteiger partial charge on any atom is -0.618 e. The Hall–Kier alpha value is -3.56. The van der Waals surface area contributed by atoms with Crippen LogP contribution in [0.1, 0.15) is 17.4 Å². The van der Waals surface area contributed by atoms with Gasteiger partial charge in [-0.15, -0.1) is 0 Å². The molecular weight excluding hydrogens is 337 g/mol. The normalized spacial score (nSPS) is 11.4. The van der Waals surface area contributed by atoms with Crippen molar-refractivity contribution in [2.75, 3.05) is 5.32 Å². The number of amides is 1. The molecule has 2 rings (SSSR count). The summed E-state index contributed by atoms with van der Waals surface area (Å²) in [5.74, 6) is -2.86. The molecule has 0 bridgehead atoms. The standard InChI is InChI=1S/C15H12FN3O6/c1-9(25-15(21)12-4-2-3-7-18(12)22)14(20)17-10-5-6-11(16)13(8-10)19(23)24/h2-9H,1H3,(H,17,20)/t9-/m1/s1. The van der Waals surface area contributed by atoms with Crippen molar-refractivity contribution in [3.05, 3.63) is 69.4 Å². The summed E-state index contributed by atoms with van der Waals surface area (Å²) < 4.78 is 18.4. The van der Waals surface area contributed by atoms with Gasteiger partial charge in [0.15, 0.2) is 12.3 Å². The van der Waals surface area contributed by atoms with Crippen LogP contribution in [0.3, 0.4) is 0 Å². The van der Waals surface area contributed by atoms with Crippen molar-refractivity contribution in [1.29, 1.82) is 0 Å². The lowest BCUT2D eigenvalue weighted by Crippen LogP contribution is -2.37. The van der Waals surface area contributed by atoms with Crippen molar-refractivity contribution in [2.24, 2.45) is 0 Å². The van der Waals surface area contributed by atoms with E-state index in [1.54, 1.807) is 0 Å². The summed E-state index contributed by atoms with van der Waals surface area (Å²) in [7, 11) is 0. The average Bonchev–Trinajstić information content (AvgIpc) is 2.56. The Bertz CT molecular complexity index is 842. The average molecular weight is 349 g/mol. The largest absolute Gasteiger partial charge is 0.618 e. The maximum atomic E-state index is 13.3. The molecule has 0 saturated carbocycles. The monoisotopic (exact) mass is 349 g/mol. The van der Waals surface area contributed by atoms with Crippen LogP contribution < -0.4 is 10.0 Å². The SMILES string of the molecule is C[C@@H](OC(=O)c1cccc[n+]1[O-])C(=O)Nc1ccc(F)c([N+](=O)[O-])c1. The van der Waals surface area contributed by atoms with Crippen molar-refractivity contribution in [3.8, 4) is 0 Å². The predicted octanol–water partition coefficient (Wildman–Crippen LogP) is 1.55. The zero-order valence-corrected chi connectivity index (χ0v) is 12.8. The van der Waals surface area contributed by atoms with Gasteiger partial charge in [0.05, 0.1) is 4.92 Å². The van der Waals surface area contributed by atoms with E-state index in [0.717, 1.165) is 24.4 Å². The number of hydrogen-bond donors (Lipinski definition) is 1. The number of rotatable bonds is 5. The quantitative estimate of drug-likeness (QED) is 0.287. The van der Waals surface area contributed by atoms with Crippen LogP contribution in [-0.2, 0) is 9.53 Å². The van der Waals surface area contributed by atoms with Gasteiger partial charge in [0.25, 0.3) is 5.91 Å². The van der Waals surface area contributed by atoms with Crippen LogP contribution in [0.2, 0.25) is 0 Å². The molecule has 0 spiro atoms. The number of anilines is 1. The molecule has 1 aromatic carbocycles. The van der Waals surface area contributed by atoms with E-state index in [-0.39, 0.29) is 16.1 Å². The number of nitro benzene ring substituents is 1. The van der Waals surface area contributed by atoms with Crippen LogP contribution in [-0.4, -0.2) is 22.9 Å². The van der Waals surface area contributed by atoms with Gasteiger partial charge in [-0.25, -0.2) is 4.79 Å². The molecule has 2 aromatic rings. The molecule has 9 nitrogen and oxygen atoms in total. The Labute approximate surface area is 140 Å². The van der Waals surface area contributed by atoms with E-state index in [1.807, 2.05) is 0 Å². The summed E-state index contributed by atoms with van der Waals surface area (Å²) in [6, 6.07) is 6.88. The number of carbonyl (C=O) groups is 2. The molecule has 130 valence electrons. The Balaban J connectivity index is 2.06. The van der Waals surface area contributed by atoms with E-state index in [1.165, 1.54) is 25.1 Å². The maximum Gasteiger partial charge on any atom is 0.405 e. The first kappa shape index (κ1) is 17.8. The molecule has 0 aliphatic rings. The molecule has 0 fully saturated rings. The highest BCUT2D eigenvalue weighted by Crippen LogP contribution is 2.21. The number of carbonyl (C=O) groups excluding carboxylic acids is 2. The fourth-order valence-electron chi connectivity index (χ4n) is 1.84. The fourth-order valence-corrected chi connectivity index (χ4v) is 1.84. The lowest BCUT2D eigenvalue weighted by Gasteiger charge is -2.13. The Morgan fingerprint density at radius 3 is 2.68 bits per heavy atom. The summed E-state index contributed by atoms with van der Waals surface area (Å²) in [6.45, 7) is 1.25. The highest BCUT2D eigenvalue weighted by atomic mass is 19.1. The number of aromatic nitrogens is 1. The highest BCUT2D eigenvalue weighted by molar-refractivity contribution is 5.96. The third-order valence-corrected chi connectivity index (χ3v) is 3.10. The summed E-state index contributed by atoms with van der Waals surface area (Å²) in [5.41, 5.74) is -1.15. The van der Waals surface area contributed by atoms with Crippen molar-refractivity contribution < 1.29 is 28.4 Å². The van der Waals surface area contributed by atoms with E-state index in [2.05, 4.69) is 5.32 Å². The molecule has 1 N–H and O–H groups in total. The second kappa shape index (κ2) is 7.34. The Kier molecular flexibility index (Phi) is 5.22. The molecule has 0 aliphatic carbocycles. The van der Waals surface area contributed by atoms with Crippen LogP contribution in [0.25, 0.3) is 0 Å². The number of ether oxygens (including phenoxy) is 1. The molecule has 10 heteroatoms. The first-order valence-corrected chi connectivity index (χ1v) is 6.93. The molecular formula is C15H12FN3O6. The number of hydrogen-bond acceptors (Lipinski definition) is 6.